The fraction of sp³-hybridized carbons (Fsp3) is 0.593. The number of anilines is 1. The van der Waals surface area contributed by atoms with Gasteiger partial charge in [-0.25, -0.2) is 0 Å². The molecule has 1 heterocycles. The number of nitrogens with zero attached hydrogens (tertiary/aromatic N) is 5. The van der Waals surface area contributed by atoms with Crippen LogP contribution >= 0.6 is 15.2 Å². The van der Waals surface area contributed by atoms with E-state index in [4.69, 9.17) is 0 Å². The van der Waals surface area contributed by atoms with Gasteiger partial charge in [0.1, 0.15) is 12.6 Å². The van der Waals surface area contributed by atoms with E-state index in [0.717, 1.165) is 0 Å². The lowest BCUT2D eigenvalue weighted by Gasteiger charge is -2.37. The van der Waals surface area contributed by atoms with E-state index < -0.39 is 83.2 Å². The molecule has 2 rings (SSSR count). The van der Waals surface area contributed by atoms with Crippen molar-refractivity contribution in [3.63, 3.8) is 0 Å². The van der Waals surface area contributed by atoms with Crippen LogP contribution in [0.15, 0.2) is 24.3 Å². The van der Waals surface area contributed by atoms with Gasteiger partial charge in [-0.05, 0) is 24.1 Å². The van der Waals surface area contributed by atoms with Crippen LogP contribution in [-0.2, 0) is 39.5 Å². The van der Waals surface area contributed by atoms with E-state index in [-0.39, 0.29) is 71.0 Å². The van der Waals surface area contributed by atoms with E-state index in [1.165, 1.54) is 12.1 Å². The molecule has 1 saturated heterocycles. The summed E-state index contributed by atoms with van der Waals surface area (Å²) in [5, 5.41) is 40.6. The third-order valence-electron chi connectivity index (χ3n) is 7.41. The lowest BCUT2D eigenvalue weighted by molar-refractivity contribution is -0.142. The molecule has 0 bridgehead atoms. The Balaban J connectivity index is 2.33. The zero-order valence-corrected chi connectivity index (χ0v) is 28.8. The van der Waals surface area contributed by atoms with Gasteiger partial charge < -0.3 is 45.3 Å². The molecule has 0 aliphatic carbocycles. The standard InChI is InChI=1S/C27H44N6O15P2/c34-23(13-32(18-49(43,44)45)19-50(46,47)48)28-21-3-1-20(2-4-21)11-22-12-31(16-26(39)40)8-7-29(14-24(35)36)5-6-30(15-25(37)38)9-10-33(22)17-27(41)42/h1-4,22H,5-19H2,(H,28,34)(H,35,36)(H,37,38)(H,39,40)(H,41,42)(H2,43,44,45)(H2,46,47,48). The number of aliphatic carboxylic acids is 4. The number of hydrogen-bond acceptors (Lipinski definition) is 12. The fourth-order valence-corrected chi connectivity index (χ4v) is 7.02. The minimum Gasteiger partial charge on any atom is -0.480 e. The molecule has 1 aromatic carbocycles. The summed E-state index contributed by atoms with van der Waals surface area (Å²) in [6, 6.07) is 5.53. The van der Waals surface area contributed by atoms with E-state index in [1.807, 2.05) is 0 Å². The van der Waals surface area contributed by atoms with Gasteiger partial charge in [0.15, 0.2) is 0 Å². The first-order valence-corrected chi connectivity index (χ1v) is 18.8. The van der Waals surface area contributed by atoms with Gasteiger partial charge in [0.05, 0.1) is 32.7 Å². The molecule has 23 heteroatoms. The van der Waals surface area contributed by atoms with E-state index in [9.17, 15) is 73.1 Å². The molecule has 0 radical (unpaired) electrons. The SMILES string of the molecule is O=C(O)CN1CCN(CC(=O)O)CCN(CC(=O)O)C(Cc2ccc(NC(=O)CN(CP(=O)(O)O)CP(=O)(O)O)cc2)CN(CC(=O)O)CC1. The summed E-state index contributed by atoms with van der Waals surface area (Å²) in [5.74, 6) is -5.39. The van der Waals surface area contributed by atoms with Crippen LogP contribution in [0.25, 0.3) is 0 Å². The van der Waals surface area contributed by atoms with E-state index >= 15 is 0 Å². The van der Waals surface area contributed by atoms with Crippen molar-refractivity contribution < 1.29 is 73.1 Å². The molecule has 0 aromatic heterocycles. The predicted octanol–water partition coefficient (Wildman–Crippen LogP) is -2.33. The maximum atomic E-state index is 12.6. The summed E-state index contributed by atoms with van der Waals surface area (Å²) in [7, 11) is -9.52. The van der Waals surface area contributed by atoms with Crippen LogP contribution in [0.1, 0.15) is 5.56 Å². The average Bonchev–Trinajstić information content (AvgIpc) is 2.93. The largest absolute Gasteiger partial charge is 0.480 e. The lowest BCUT2D eigenvalue weighted by Crippen LogP contribution is -2.53. The summed E-state index contributed by atoms with van der Waals surface area (Å²) >= 11 is 0. The van der Waals surface area contributed by atoms with Gasteiger partial charge in [-0.1, -0.05) is 12.1 Å². The van der Waals surface area contributed by atoms with Gasteiger partial charge >= 0.3 is 39.1 Å². The van der Waals surface area contributed by atoms with Crippen LogP contribution in [0.5, 0.6) is 0 Å². The van der Waals surface area contributed by atoms with Crippen molar-refractivity contribution in [3.05, 3.63) is 29.8 Å². The fourth-order valence-electron chi connectivity index (χ4n) is 5.42. The molecule has 282 valence electrons. The van der Waals surface area contributed by atoms with E-state index in [2.05, 4.69) is 5.32 Å². The minimum atomic E-state index is -4.76. The number of carboxylic acid groups (broad SMARTS) is 4. The molecule has 1 aromatic rings. The van der Waals surface area contributed by atoms with E-state index in [1.54, 1.807) is 31.7 Å². The molecule has 1 aliphatic heterocycles. The van der Waals surface area contributed by atoms with Gasteiger partial charge in [0.2, 0.25) is 5.91 Å². The molecule has 0 spiro atoms. The van der Waals surface area contributed by atoms with Crippen LogP contribution in [0.4, 0.5) is 5.69 Å². The van der Waals surface area contributed by atoms with Gasteiger partial charge in [-0.2, -0.15) is 0 Å². The monoisotopic (exact) mass is 754 g/mol. The smallest absolute Gasteiger partial charge is 0.339 e. The molecule has 21 nitrogen and oxygen atoms in total. The van der Waals surface area contributed by atoms with E-state index in [0.29, 0.717) is 10.5 Å². The average molecular weight is 755 g/mol. The summed E-state index contributed by atoms with van der Waals surface area (Å²) in [5.41, 5.74) is 0.854. The number of carbonyl (C=O) groups excluding carboxylic acids is 1. The second-order valence-electron chi connectivity index (χ2n) is 11.9. The Morgan fingerprint density at radius 1 is 0.660 bits per heavy atom. The topological polar surface area (TPSA) is 310 Å². The number of benzene rings is 1. The van der Waals surface area contributed by atoms with Crippen LogP contribution in [0, 0.1) is 0 Å². The Morgan fingerprint density at radius 3 is 1.52 bits per heavy atom. The Hall–Kier alpha value is -3.33. The molecular formula is C27H44N6O15P2. The second kappa shape index (κ2) is 19.9. The Bertz CT molecular complexity index is 1400. The van der Waals surface area contributed by atoms with Crippen molar-refractivity contribution >= 4 is 50.7 Å². The zero-order valence-electron chi connectivity index (χ0n) is 27.1. The molecular weight excluding hydrogens is 710 g/mol. The first kappa shape index (κ1) is 42.8. The van der Waals surface area contributed by atoms with Gasteiger partial charge in [0, 0.05) is 57.5 Å². The number of carboxylic acids is 4. The quantitative estimate of drug-likeness (QED) is 0.0753. The van der Waals surface area contributed by atoms with Gasteiger partial charge in [-0.15, -0.1) is 0 Å². The first-order valence-electron chi connectivity index (χ1n) is 15.2. The minimum absolute atomic E-state index is 0.0485. The highest BCUT2D eigenvalue weighted by atomic mass is 31.2. The van der Waals surface area contributed by atoms with Crippen molar-refractivity contribution in [3.8, 4) is 0 Å². The third kappa shape index (κ3) is 18.6. The molecule has 50 heavy (non-hydrogen) atoms. The number of amides is 1. The van der Waals surface area contributed by atoms with Crippen molar-refractivity contribution in [2.45, 2.75) is 12.5 Å². The molecule has 1 atom stereocenters. The summed E-state index contributed by atoms with van der Waals surface area (Å²) in [4.78, 5) is 103. The molecule has 1 aliphatic rings. The van der Waals surface area contributed by atoms with Crippen LogP contribution in [0.2, 0.25) is 0 Å². The van der Waals surface area contributed by atoms with Crippen molar-refractivity contribution in [2.75, 3.05) is 96.4 Å². The highest BCUT2D eigenvalue weighted by molar-refractivity contribution is 7.52. The summed E-state index contributed by atoms with van der Waals surface area (Å²) < 4.78 is 22.8. The summed E-state index contributed by atoms with van der Waals surface area (Å²) in [6.45, 7) is -1.51. The third-order valence-corrected chi connectivity index (χ3v) is 8.95. The first-order chi connectivity index (χ1) is 23.2. The number of nitrogens with one attached hydrogen (secondary N) is 1. The van der Waals surface area contributed by atoms with Crippen LogP contribution in [0.3, 0.4) is 0 Å². The number of rotatable bonds is 17. The van der Waals surface area contributed by atoms with Crippen molar-refractivity contribution in [1.82, 2.24) is 24.5 Å². The molecule has 9 N–H and O–H groups in total. The highest BCUT2D eigenvalue weighted by Gasteiger charge is 2.29. The Kier molecular flexibility index (Phi) is 17.0. The Labute approximate surface area is 287 Å². The predicted molar refractivity (Wildman–Crippen MR) is 175 cm³/mol. The second-order valence-corrected chi connectivity index (χ2v) is 15.1. The normalized spacial score (nSPS) is 18.2. The van der Waals surface area contributed by atoms with Gasteiger partial charge in [0.25, 0.3) is 0 Å². The molecule has 1 unspecified atom stereocenters. The summed E-state index contributed by atoms with van der Waals surface area (Å²) in [6.07, 6.45) is -1.96. The lowest BCUT2D eigenvalue weighted by atomic mass is 10.0. The highest BCUT2D eigenvalue weighted by Crippen LogP contribution is 2.40. The maximum Gasteiger partial charge on any atom is 0.339 e. The van der Waals surface area contributed by atoms with Crippen LogP contribution in [-0.4, -0.2) is 191 Å². The number of carbonyl (C=O) groups is 5. The number of hydrogen-bond donors (Lipinski definition) is 9. The van der Waals surface area contributed by atoms with Crippen molar-refractivity contribution in [1.29, 1.82) is 0 Å². The molecule has 1 fully saturated rings. The van der Waals surface area contributed by atoms with Gasteiger partial charge in [-0.3, -0.25) is 57.6 Å². The molecule has 1 amide bonds. The van der Waals surface area contributed by atoms with Crippen molar-refractivity contribution in [2.24, 2.45) is 0 Å². The Morgan fingerprint density at radius 2 is 1.08 bits per heavy atom. The van der Waals surface area contributed by atoms with Crippen LogP contribution < -0.4 is 5.32 Å². The molecule has 0 saturated carbocycles. The zero-order chi connectivity index (χ0) is 37.6. The maximum absolute atomic E-state index is 12.6.